The summed E-state index contributed by atoms with van der Waals surface area (Å²) in [5.74, 6) is 0.835. The summed E-state index contributed by atoms with van der Waals surface area (Å²) in [4.78, 5) is 11.6. The van der Waals surface area contributed by atoms with Crippen LogP contribution in [0.25, 0.3) is 0 Å². The van der Waals surface area contributed by atoms with Crippen LogP contribution >= 0.6 is 0 Å². The third-order valence-electron chi connectivity index (χ3n) is 4.44. The molecule has 134 valence electrons. The highest BCUT2D eigenvalue weighted by Gasteiger charge is 2.29. The summed E-state index contributed by atoms with van der Waals surface area (Å²) in [5, 5.41) is 0. The molecule has 0 fully saturated rings. The summed E-state index contributed by atoms with van der Waals surface area (Å²) in [6, 6.07) is 18.5. The maximum absolute atomic E-state index is 11.6. The lowest BCUT2D eigenvalue weighted by atomic mass is 9.86. The van der Waals surface area contributed by atoms with E-state index in [9.17, 15) is 4.79 Å². The van der Waals surface area contributed by atoms with Gasteiger partial charge >= 0.3 is 5.97 Å². The Hall–Kier alpha value is -2.81. The highest BCUT2D eigenvalue weighted by molar-refractivity contribution is 5.83. The van der Waals surface area contributed by atoms with Crippen LogP contribution in [-0.4, -0.2) is 12.6 Å². The standard InChI is InChI=1S/C23H24O3/c1-3-25-22(24)15-17(2)13-14-20-16-19-11-7-8-12-21(19)26-23(20)18-9-5-4-6-10-18/h4-15,20,23H,3,16H2,1-2H3. The molecule has 0 saturated carbocycles. The van der Waals surface area contributed by atoms with Crippen molar-refractivity contribution in [1.82, 2.24) is 0 Å². The van der Waals surface area contributed by atoms with Gasteiger partial charge in [0.25, 0.3) is 0 Å². The minimum absolute atomic E-state index is 0.0438. The van der Waals surface area contributed by atoms with Gasteiger partial charge in [0, 0.05) is 12.0 Å². The van der Waals surface area contributed by atoms with E-state index in [0.29, 0.717) is 6.61 Å². The van der Waals surface area contributed by atoms with Crippen molar-refractivity contribution in [2.24, 2.45) is 5.92 Å². The second-order valence-electron chi connectivity index (χ2n) is 6.42. The van der Waals surface area contributed by atoms with Crippen molar-refractivity contribution >= 4 is 5.97 Å². The predicted molar refractivity (Wildman–Crippen MR) is 103 cm³/mol. The monoisotopic (exact) mass is 348 g/mol. The average molecular weight is 348 g/mol. The number of benzene rings is 2. The Labute approximate surface area is 155 Å². The van der Waals surface area contributed by atoms with E-state index in [1.807, 2.05) is 49.4 Å². The summed E-state index contributed by atoms with van der Waals surface area (Å²) in [5.41, 5.74) is 3.24. The van der Waals surface area contributed by atoms with Crippen LogP contribution in [0, 0.1) is 5.92 Å². The number of ether oxygens (including phenoxy) is 2. The molecule has 0 N–H and O–H groups in total. The first-order valence-electron chi connectivity index (χ1n) is 9.00. The summed E-state index contributed by atoms with van der Waals surface area (Å²) in [6.45, 7) is 4.09. The molecule has 0 aromatic heterocycles. The van der Waals surface area contributed by atoms with Crippen LogP contribution in [-0.2, 0) is 16.0 Å². The molecule has 3 rings (SSSR count). The highest BCUT2D eigenvalue weighted by Crippen LogP contribution is 2.39. The first-order valence-corrected chi connectivity index (χ1v) is 9.00. The van der Waals surface area contributed by atoms with E-state index in [4.69, 9.17) is 9.47 Å². The molecule has 3 heteroatoms. The van der Waals surface area contributed by atoms with E-state index in [-0.39, 0.29) is 18.0 Å². The highest BCUT2D eigenvalue weighted by atomic mass is 16.5. The lowest BCUT2D eigenvalue weighted by Crippen LogP contribution is -2.24. The topological polar surface area (TPSA) is 35.5 Å². The van der Waals surface area contributed by atoms with Crippen molar-refractivity contribution in [3.05, 3.63) is 89.5 Å². The van der Waals surface area contributed by atoms with Crippen LogP contribution < -0.4 is 4.74 Å². The quantitative estimate of drug-likeness (QED) is 0.431. The van der Waals surface area contributed by atoms with E-state index in [1.54, 1.807) is 6.92 Å². The molecule has 1 aliphatic heterocycles. The largest absolute Gasteiger partial charge is 0.485 e. The van der Waals surface area contributed by atoms with Crippen molar-refractivity contribution in [3.63, 3.8) is 0 Å². The Balaban J connectivity index is 1.85. The number of carbonyl (C=O) groups is 1. The summed E-state index contributed by atoms with van der Waals surface area (Å²) in [6.07, 6.45) is 6.50. The minimum Gasteiger partial charge on any atom is -0.485 e. The van der Waals surface area contributed by atoms with Crippen molar-refractivity contribution in [1.29, 1.82) is 0 Å². The van der Waals surface area contributed by atoms with Gasteiger partial charge in [-0.25, -0.2) is 4.79 Å². The predicted octanol–water partition coefficient (Wildman–Crippen LogP) is 5.04. The summed E-state index contributed by atoms with van der Waals surface area (Å²) in [7, 11) is 0. The minimum atomic E-state index is -0.306. The SMILES string of the molecule is CCOC(=O)C=C(C)C=CC1Cc2ccccc2OC1c1ccccc1. The lowest BCUT2D eigenvalue weighted by molar-refractivity contribution is -0.137. The summed E-state index contributed by atoms with van der Waals surface area (Å²) >= 11 is 0. The Bertz CT molecular complexity index is 805. The third-order valence-corrected chi connectivity index (χ3v) is 4.44. The number of esters is 1. The van der Waals surface area contributed by atoms with Gasteiger partial charge in [0.15, 0.2) is 0 Å². The maximum atomic E-state index is 11.6. The normalized spacial score (nSPS) is 19.7. The number of para-hydroxylation sites is 1. The number of carbonyl (C=O) groups excluding carboxylic acids is 1. The number of allylic oxidation sites excluding steroid dienone is 2. The summed E-state index contributed by atoms with van der Waals surface area (Å²) < 4.78 is 11.3. The average Bonchev–Trinajstić information content (AvgIpc) is 2.66. The van der Waals surface area contributed by atoms with Crippen LogP contribution in [0.1, 0.15) is 31.1 Å². The van der Waals surface area contributed by atoms with Gasteiger partial charge in [0.05, 0.1) is 6.61 Å². The first-order chi connectivity index (χ1) is 12.7. The molecule has 2 aromatic rings. The van der Waals surface area contributed by atoms with E-state index in [2.05, 4.69) is 24.3 Å². The molecule has 0 aliphatic carbocycles. The van der Waals surface area contributed by atoms with Gasteiger partial charge in [0.2, 0.25) is 0 Å². The fourth-order valence-electron chi connectivity index (χ4n) is 3.19. The van der Waals surface area contributed by atoms with E-state index in [1.165, 1.54) is 11.6 Å². The lowest BCUT2D eigenvalue weighted by Gasteiger charge is -2.32. The molecule has 26 heavy (non-hydrogen) atoms. The number of hydrogen-bond donors (Lipinski definition) is 0. The van der Waals surface area contributed by atoms with Gasteiger partial charge in [-0.3, -0.25) is 0 Å². The van der Waals surface area contributed by atoms with Crippen molar-refractivity contribution in [2.75, 3.05) is 6.61 Å². The zero-order chi connectivity index (χ0) is 18.4. The van der Waals surface area contributed by atoms with Gasteiger partial charge in [0.1, 0.15) is 11.9 Å². The van der Waals surface area contributed by atoms with Gasteiger partial charge in [-0.15, -0.1) is 0 Å². The van der Waals surface area contributed by atoms with Crippen LogP contribution in [0.3, 0.4) is 0 Å². The number of rotatable bonds is 5. The Morgan fingerprint density at radius 2 is 1.88 bits per heavy atom. The fourth-order valence-corrected chi connectivity index (χ4v) is 3.19. The molecule has 0 spiro atoms. The zero-order valence-electron chi connectivity index (χ0n) is 15.2. The van der Waals surface area contributed by atoms with Gasteiger partial charge in [-0.05, 0) is 43.0 Å². The molecule has 1 heterocycles. The third kappa shape index (κ3) is 4.42. The number of hydrogen-bond acceptors (Lipinski definition) is 3. The molecule has 2 aromatic carbocycles. The van der Waals surface area contributed by atoms with Crippen LogP contribution in [0.4, 0.5) is 0 Å². The molecule has 0 amide bonds. The Morgan fingerprint density at radius 3 is 2.65 bits per heavy atom. The zero-order valence-corrected chi connectivity index (χ0v) is 15.2. The fraction of sp³-hybridized carbons (Fsp3) is 0.261. The Morgan fingerprint density at radius 1 is 1.15 bits per heavy atom. The van der Waals surface area contributed by atoms with E-state index in [0.717, 1.165) is 23.3 Å². The molecule has 3 nitrogen and oxygen atoms in total. The van der Waals surface area contributed by atoms with Crippen LogP contribution in [0.15, 0.2) is 78.4 Å². The van der Waals surface area contributed by atoms with Gasteiger partial charge in [-0.2, -0.15) is 0 Å². The van der Waals surface area contributed by atoms with E-state index >= 15 is 0 Å². The maximum Gasteiger partial charge on any atom is 0.330 e. The molecule has 2 unspecified atom stereocenters. The molecule has 2 atom stereocenters. The van der Waals surface area contributed by atoms with E-state index < -0.39 is 0 Å². The molecular weight excluding hydrogens is 324 g/mol. The first kappa shape index (κ1) is 18.0. The van der Waals surface area contributed by atoms with Gasteiger partial charge in [-0.1, -0.05) is 60.7 Å². The second-order valence-corrected chi connectivity index (χ2v) is 6.42. The smallest absolute Gasteiger partial charge is 0.330 e. The second kappa shape index (κ2) is 8.52. The molecule has 0 bridgehead atoms. The van der Waals surface area contributed by atoms with Crippen LogP contribution in [0.2, 0.25) is 0 Å². The van der Waals surface area contributed by atoms with Crippen molar-refractivity contribution in [2.45, 2.75) is 26.4 Å². The molecule has 0 radical (unpaired) electrons. The molecule has 1 aliphatic rings. The molecular formula is C23H24O3. The van der Waals surface area contributed by atoms with Crippen molar-refractivity contribution in [3.8, 4) is 5.75 Å². The number of fused-ring (bicyclic) bond motifs is 1. The van der Waals surface area contributed by atoms with Gasteiger partial charge < -0.3 is 9.47 Å². The van der Waals surface area contributed by atoms with Crippen LogP contribution in [0.5, 0.6) is 5.75 Å². The molecule has 0 saturated heterocycles. The van der Waals surface area contributed by atoms with Crippen molar-refractivity contribution < 1.29 is 14.3 Å². The Kier molecular flexibility index (Phi) is 5.90.